The lowest BCUT2D eigenvalue weighted by Crippen LogP contribution is -2.34. The highest BCUT2D eigenvalue weighted by molar-refractivity contribution is 5.78. The second-order valence-electron chi connectivity index (χ2n) is 7.16. The van der Waals surface area contributed by atoms with Crippen LogP contribution < -0.4 is 10.6 Å². The van der Waals surface area contributed by atoms with Gasteiger partial charge in [-0.1, -0.05) is 18.9 Å². The fourth-order valence-electron chi connectivity index (χ4n) is 1.99. The number of amides is 1. The summed E-state index contributed by atoms with van der Waals surface area (Å²) in [5, 5.41) is 13.2. The molecule has 1 rings (SSSR count). The van der Waals surface area contributed by atoms with Crippen LogP contribution in [-0.4, -0.2) is 41.0 Å². The van der Waals surface area contributed by atoms with Gasteiger partial charge in [0.25, 0.3) is 0 Å². The molecule has 0 saturated carbocycles. The Morgan fingerprint density at radius 2 is 1.84 bits per heavy atom. The van der Waals surface area contributed by atoms with Gasteiger partial charge in [0.05, 0.1) is 7.11 Å². The first kappa shape index (κ1) is 20.7. The zero-order valence-electron chi connectivity index (χ0n) is 15.9. The summed E-state index contributed by atoms with van der Waals surface area (Å²) in [6.45, 7) is 11.0. The number of methoxy groups -OCH3 is 1. The van der Waals surface area contributed by atoms with Gasteiger partial charge >= 0.3 is 18.1 Å². The van der Waals surface area contributed by atoms with E-state index in [1.807, 2.05) is 13.8 Å². The summed E-state index contributed by atoms with van der Waals surface area (Å²) in [5.74, 6) is 0.0571. The maximum absolute atomic E-state index is 11.8. The van der Waals surface area contributed by atoms with Crippen molar-refractivity contribution in [1.29, 1.82) is 0 Å². The standard InChI is InChI=1S/C16H28N4O5/c1-9(2)8-11(13(21)23-7)18-14-20-19-12(24-14)10(3)17-15(22)25-16(4,5)6/h9-11H,8H2,1-7H3,(H,17,22)(H,18,20)/t10-,11-/m0/s1. The second kappa shape index (κ2) is 8.68. The Bertz CT molecular complexity index is 579. The van der Waals surface area contributed by atoms with E-state index in [2.05, 4.69) is 20.8 Å². The van der Waals surface area contributed by atoms with Crippen molar-refractivity contribution in [2.75, 3.05) is 12.4 Å². The van der Waals surface area contributed by atoms with Gasteiger partial charge < -0.3 is 24.5 Å². The molecule has 0 fully saturated rings. The van der Waals surface area contributed by atoms with Crippen LogP contribution in [0.4, 0.5) is 10.8 Å². The predicted octanol–water partition coefficient (Wildman–Crippen LogP) is 2.65. The van der Waals surface area contributed by atoms with Crippen molar-refractivity contribution in [1.82, 2.24) is 15.5 Å². The highest BCUT2D eigenvalue weighted by Gasteiger charge is 2.25. The van der Waals surface area contributed by atoms with E-state index in [0.29, 0.717) is 6.42 Å². The lowest BCUT2D eigenvalue weighted by Gasteiger charge is -2.20. The van der Waals surface area contributed by atoms with E-state index in [1.165, 1.54) is 7.11 Å². The summed E-state index contributed by atoms with van der Waals surface area (Å²) < 4.78 is 15.4. The predicted molar refractivity (Wildman–Crippen MR) is 91.0 cm³/mol. The maximum atomic E-state index is 11.8. The third-order valence-electron chi connectivity index (χ3n) is 3.03. The Balaban J connectivity index is 2.70. The summed E-state index contributed by atoms with van der Waals surface area (Å²) in [6, 6.07) is -1.05. The minimum atomic E-state index is -0.601. The van der Waals surface area contributed by atoms with E-state index in [0.717, 1.165) is 0 Å². The number of hydrogen-bond acceptors (Lipinski definition) is 8. The molecule has 9 nitrogen and oxygen atoms in total. The van der Waals surface area contributed by atoms with Crippen molar-refractivity contribution in [2.24, 2.45) is 5.92 Å². The van der Waals surface area contributed by atoms with Crippen LogP contribution in [0.3, 0.4) is 0 Å². The number of nitrogens with one attached hydrogen (secondary N) is 2. The minimum Gasteiger partial charge on any atom is -0.467 e. The lowest BCUT2D eigenvalue weighted by atomic mass is 10.0. The smallest absolute Gasteiger partial charge is 0.408 e. The van der Waals surface area contributed by atoms with Crippen molar-refractivity contribution in [2.45, 2.75) is 65.6 Å². The molecule has 1 aromatic rings. The van der Waals surface area contributed by atoms with Crippen LogP contribution in [0.1, 0.15) is 59.9 Å². The molecule has 0 aromatic carbocycles. The molecule has 2 N–H and O–H groups in total. The van der Waals surface area contributed by atoms with Gasteiger partial charge in [0, 0.05) is 0 Å². The summed E-state index contributed by atoms with van der Waals surface area (Å²) >= 11 is 0. The number of aromatic nitrogens is 2. The number of carbonyl (C=O) groups excluding carboxylic acids is 2. The van der Waals surface area contributed by atoms with E-state index in [9.17, 15) is 9.59 Å². The molecule has 9 heteroatoms. The molecule has 0 unspecified atom stereocenters. The van der Waals surface area contributed by atoms with Gasteiger partial charge in [-0.2, -0.15) is 0 Å². The molecule has 0 spiro atoms. The van der Waals surface area contributed by atoms with Crippen molar-refractivity contribution in [3.8, 4) is 0 Å². The molecule has 25 heavy (non-hydrogen) atoms. The Kier molecular flexibility index (Phi) is 7.20. The SMILES string of the molecule is COC(=O)[C@H](CC(C)C)Nc1nnc([C@H](C)NC(=O)OC(C)(C)C)o1. The molecule has 2 atom stereocenters. The number of esters is 1. The quantitative estimate of drug-likeness (QED) is 0.716. The average molecular weight is 356 g/mol. The van der Waals surface area contributed by atoms with Crippen molar-refractivity contribution in [3.63, 3.8) is 0 Å². The zero-order chi connectivity index (χ0) is 19.2. The van der Waals surface area contributed by atoms with E-state index < -0.39 is 29.7 Å². The van der Waals surface area contributed by atoms with Gasteiger partial charge in [-0.3, -0.25) is 0 Å². The van der Waals surface area contributed by atoms with Crippen molar-refractivity contribution < 1.29 is 23.5 Å². The van der Waals surface area contributed by atoms with Gasteiger partial charge in [-0.25, -0.2) is 9.59 Å². The number of alkyl carbamates (subject to hydrolysis) is 1. The minimum absolute atomic E-state index is 0.0869. The first-order chi connectivity index (χ1) is 11.5. The van der Waals surface area contributed by atoms with E-state index in [1.54, 1.807) is 27.7 Å². The molecular weight excluding hydrogens is 328 g/mol. The Hall–Kier alpha value is -2.32. The Labute approximate surface area is 147 Å². The van der Waals surface area contributed by atoms with Gasteiger partial charge in [-0.05, 0) is 40.0 Å². The van der Waals surface area contributed by atoms with Crippen LogP contribution in [0.2, 0.25) is 0 Å². The van der Waals surface area contributed by atoms with E-state index in [4.69, 9.17) is 13.9 Å². The molecule has 0 aliphatic carbocycles. The van der Waals surface area contributed by atoms with Crippen LogP contribution in [0.25, 0.3) is 0 Å². The monoisotopic (exact) mass is 356 g/mol. The molecule has 0 radical (unpaired) electrons. The fraction of sp³-hybridized carbons (Fsp3) is 0.750. The highest BCUT2D eigenvalue weighted by Crippen LogP contribution is 2.17. The number of anilines is 1. The summed E-state index contributed by atoms with van der Waals surface area (Å²) in [4.78, 5) is 23.6. The summed E-state index contributed by atoms with van der Waals surface area (Å²) in [6.07, 6.45) is -0.0317. The van der Waals surface area contributed by atoms with E-state index in [-0.39, 0.29) is 17.8 Å². The van der Waals surface area contributed by atoms with Crippen LogP contribution in [0.15, 0.2) is 4.42 Å². The molecule has 0 bridgehead atoms. The number of ether oxygens (including phenoxy) is 2. The summed E-state index contributed by atoms with van der Waals surface area (Å²) in [7, 11) is 1.32. The molecule has 0 aliphatic heterocycles. The third-order valence-corrected chi connectivity index (χ3v) is 3.03. The normalized spacial score (nSPS) is 13.9. The molecule has 0 saturated heterocycles. The molecule has 1 heterocycles. The number of rotatable bonds is 7. The van der Waals surface area contributed by atoms with Crippen LogP contribution in [0, 0.1) is 5.92 Å². The molecule has 1 amide bonds. The van der Waals surface area contributed by atoms with Gasteiger partial charge in [-0.15, -0.1) is 5.10 Å². The number of hydrogen-bond donors (Lipinski definition) is 2. The van der Waals surface area contributed by atoms with Crippen molar-refractivity contribution >= 4 is 18.1 Å². The maximum Gasteiger partial charge on any atom is 0.408 e. The number of carbonyl (C=O) groups is 2. The Morgan fingerprint density at radius 3 is 2.36 bits per heavy atom. The largest absolute Gasteiger partial charge is 0.467 e. The average Bonchev–Trinajstić information content (AvgIpc) is 2.91. The Morgan fingerprint density at radius 1 is 1.20 bits per heavy atom. The lowest BCUT2D eigenvalue weighted by molar-refractivity contribution is -0.141. The molecule has 1 aromatic heterocycles. The van der Waals surface area contributed by atoms with Gasteiger partial charge in [0.1, 0.15) is 17.7 Å². The molecule has 0 aliphatic rings. The van der Waals surface area contributed by atoms with Gasteiger partial charge in [0.2, 0.25) is 5.89 Å². The third kappa shape index (κ3) is 7.40. The zero-order valence-corrected chi connectivity index (χ0v) is 15.9. The van der Waals surface area contributed by atoms with Crippen LogP contribution >= 0.6 is 0 Å². The molecule has 142 valence electrons. The van der Waals surface area contributed by atoms with Crippen LogP contribution in [0.5, 0.6) is 0 Å². The second-order valence-corrected chi connectivity index (χ2v) is 7.16. The highest BCUT2D eigenvalue weighted by atomic mass is 16.6. The van der Waals surface area contributed by atoms with E-state index >= 15 is 0 Å². The first-order valence-electron chi connectivity index (χ1n) is 8.19. The first-order valence-corrected chi connectivity index (χ1v) is 8.19. The number of nitrogens with zero attached hydrogens (tertiary/aromatic N) is 2. The summed E-state index contributed by atoms with van der Waals surface area (Å²) in [5.41, 5.74) is -0.601. The van der Waals surface area contributed by atoms with Crippen molar-refractivity contribution in [3.05, 3.63) is 5.89 Å². The van der Waals surface area contributed by atoms with Gasteiger partial charge in [0.15, 0.2) is 0 Å². The van der Waals surface area contributed by atoms with Crippen LogP contribution in [-0.2, 0) is 14.3 Å². The topological polar surface area (TPSA) is 116 Å². The fourth-order valence-corrected chi connectivity index (χ4v) is 1.99. The molecular formula is C16H28N4O5.